The third-order valence-electron chi connectivity index (χ3n) is 6.48. The Balaban J connectivity index is 1.64. The molecule has 0 bridgehead atoms. The first kappa shape index (κ1) is 29.2. The van der Waals surface area contributed by atoms with Gasteiger partial charge in [0.1, 0.15) is 12.1 Å². The molecule has 1 aliphatic heterocycles. The number of hydrogen-bond acceptors (Lipinski definition) is 9. The second-order valence-electron chi connectivity index (χ2n) is 9.22. The van der Waals surface area contributed by atoms with E-state index < -0.39 is 36.0 Å². The molecule has 2 aromatic rings. The zero-order valence-electron chi connectivity index (χ0n) is 21.4. The second kappa shape index (κ2) is 14.6. The smallest absolute Gasteiger partial charge is 0.326 e. The highest BCUT2D eigenvalue weighted by molar-refractivity contribution is 5.88. The Bertz CT molecular complexity index is 1070. The minimum atomic E-state index is -1.07. The summed E-state index contributed by atoms with van der Waals surface area (Å²) in [5.74, 6) is -2.00. The van der Waals surface area contributed by atoms with Crippen LogP contribution in [0, 0.1) is 0 Å². The number of carboxylic acid groups (broad SMARTS) is 1. The van der Waals surface area contributed by atoms with Crippen molar-refractivity contribution >= 4 is 17.8 Å². The Kier molecular flexibility index (Phi) is 11.2. The second-order valence-corrected chi connectivity index (χ2v) is 9.22. The number of fused-ring (bicyclic) bond motifs is 1. The molecule has 0 saturated heterocycles. The van der Waals surface area contributed by atoms with Gasteiger partial charge in [0.15, 0.2) is 0 Å². The monoisotopic (exact) mass is 529 g/mol. The average molecular weight is 530 g/mol. The maximum Gasteiger partial charge on any atom is 0.326 e. The van der Waals surface area contributed by atoms with Crippen LogP contribution in [0.15, 0.2) is 54.6 Å². The quantitative estimate of drug-likeness (QED) is 0.163. The van der Waals surface area contributed by atoms with Gasteiger partial charge in [-0.15, -0.1) is 0 Å². The van der Waals surface area contributed by atoms with Gasteiger partial charge in [-0.2, -0.15) is 0 Å². The van der Waals surface area contributed by atoms with Crippen LogP contribution in [0.4, 0.5) is 0 Å². The normalized spacial score (nSPS) is 16.5. The zero-order chi connectivity index (χ0) is 27.5. The fourth-order valence-corrected chi connectivity index (χ4v) is 4.45. The van der Waals surface area contributed by atoms with E-state index in [9.17, 15) is 19.5 Å². The number of carboxylic acids is 1. The van der Waals surface area contributed by atoms with Crippen LogP contribution >= 0.6 is 0 Å². The summed E-state index contributed by atoms with van der Waals surface area (Å²) in [5, 5.41) is 29.6. The van der Waals surface area contributed by atoms with Gasteiger partial charge >= 0.3 is 11.9 Å². The number of benzene rings is 2. The molecule has 3 rings (SSSR count). The van der Waals surface area contributed by atoms with Crippen molar-refractivity contribution in [1.82, 2.24) is 15.6 Å². The Hall–Kier alpha value is -3.35. The van der Waals surface area contributed by atoms with Crippen LogP contribution in [0.3, 0.4) is 0 Å². The van der Waals surface area contributed by atoms with E-state index in [1.54, 1.807) is 6.92 Å². The van der Waals surface area contributed by atoms with E-state index in [0.717, 1.165) is 16.7 Å². The first-order valence-corrected chi connectivity index (χ1v) is 12.6. The van der Waals surface area contributed by atoms with Crippen LogP contribution < -0.4 is 5.32 Å². The first-order valence-electron chi connectivity index (χ1n) is 12.6. The van der Waals surface area contributed by atoms with E-state index in [2.05, 4.69) is 10.2 Å². The number of carbonyl (C=O) groups excluding carboxylic acids is 2. The summed E-state index contributed by atoms with van der Waals surface area (Å²) in [5.41, 5.74) is 2.84. The van der Waals surface area contributed by atoms with Crippen molar-refractivity contribution in [2.45, 2.75) is 63.7 Å². The number of nitrogens with one attached hydrogen (secondary N) is 1. The predicted molar refractivity (Wildman–Crippen MR) is 135 cm³/mol. The van der Waals surface area contributed by atoms with Crippen LogP contribution in [0.25, 0.3) is 0 Å². The zero-order valence-corrected chi connectivity index (χ0v) is 21.4. The lowest BCUT2D eigenvalue weighted by Crippen LogP contribution is -2.56. The summed E-state index contributed by atoms with van der Waals surface area (Å²) >= 11 is 0. The number of ether oxygens (including phenoxy) is 1. The Morgan fingerprint density at radius 2 is 1.68 bits per heavy atom. The summed E-state index contributed by atoms with van der Waals surface area (Å²) in [4.78, 5) is 44.2. The molecule has 1 aliphatic rings. The third kappa shape index (κ3) is 8.61. The van der Waals surface area contributed by atoms with Crippen molar-refractivity contribution in [2.24, 2.45) is 0 Å². The molecule has 0 radical (unpaired) electrons. The number of aliphatic carboxylic acids is 1. The van der Waals surface area contributed by atoms with Gasteiger partial charge in [-0.25, -0.2) is 4.79 Å². The molecule has 38 heavy (non-hydrogen) atoms. The number of nitrogens with zero attached hydrogens (tertiary/aromatic N) is 2. The highest BCUT2D eigenvalue weighted by atomic mass is 17.1. The van der Waals surface area contributed by atoms with Gasteiger partial charge < -0.3 is 14.7 Å². The van der Waals surface area contributed by atoms with Crippen LogP contribution in [0.1, 0.15) is 42.9 Å². The fourth-order valence-electron chi connectivity index (χ4n) is 4.45. The van der Waals surface area contributed by atoms with Gasteiger partial charge in [0.2, 0.25) is 5.91 Å². The van der Waals surface area contributed by atoms with Crippen LogP contribution in [-0.2, 0) is 43.3 Å². The van der Waals surface area contributed by atoms with Crippen molar-refractivity contribution < 1.29 is 39.5 Å². The van der Waals surface area contributed by atoms with Crippen molar-refractivity contribution in [3.8, 4) is 0 Å². The maximum atomic E-state index is 13.4. The van der Waals surface area contributed by atoms with Crippen molar-refractivity contribution in [3.05, 3.63) is 71.3 Å². The summed E-state index contributed by atoms with van der Waals surface area (Å²) in [7, 11) is 0. The maximum absolute atomic E-state index is 13.4. The lowest BCUT2D eigenvalue weighted by atomic mass is 9.93. The largest absolute Gasteiger partial charge is 0.480 e. The summed E-state index contributed by atoms with van der Waals surface area (Å²) in [6.45, 7) is 1.93. The molecule has 1 amide bonds. The number of aryl methyl sites for hydroxylation is 1. The summed E-state index contributed by atoms with van der Waals surface area (Å²) in [6, 6.07) is 14.5. The number of unbranched alkanes of at least 4 members (excludes halogenated alkanes) is 1. The van der Waals surface area contributed by atoms with Crippen LogP contribution in [0.2, 0.25) is 0 Å². The average Bonchev–Trinajstić information content (AvgIpc) is 2.91. The molecule has 11 nitrogen and oxygen atoms in total. The highest BCUT2D eigenvalue weighted by Crippen LogP contribution is 2.24. The number of hydrogen-bond donors (Lipinski definition) is 4. The molecule has 0 aliphatic carbocycles. The molecule has 1 heterocycles. The van der Waals surface area contributed by atoms with Gasteiger partial charge in [-0.3, -0.25) is 30.2 Å². The SMILES string of the molecule is CC(NC(CCc1ccccc1)C(=O)OCCCCON(O)O)C(=O)N1Cc2ccccc2CC1C(=O)O. The van der Waals surface area contributed by atoms with E-state index in [0.29, 0.717) is 25.7 Å². The molecule has 206 valence electrons. The van der Waals surface area contributed by atoms with E-state index in [-0.39, 0.29) is 31.6 Å². The molecule has 3 unspecified atom stereocenters. The molecular formula is C27H35N3O8. The molecule has 4 N–H and O–H groups in total. The lowest BCUT2D eigenvalue weighted by molar-refractivity contribution is -0.492. The highest BCUT2D eigenvalue weighted by Gasteiger charge is 2.37. The molecule has 3 atom stereocenters. The number of carbonyl (C=O) groups is 3. The van der Waals surface area contributed by atoms with Gasteiger partial charge in [0.05, 0.1) is 24.6 Å². The molecule has 0 fully saturated rings. The number of amides is 1. The van der Waals surface area contributed by atoms with E-state index in [1.807, 2.05) is 54.6 Å². The van der Waals surface area contributed by atoms with Crippen molar-refractivity contribution in [1.29, 1.82) is 0 Å². The van der Waals surface area contributed by atoms with E-state index >= 15 is 0 Å². The molecule has 0 spiro atoms. The Morgan fingerprint density at radius 1 is 1.03 bits per heavy atom. The molecule has 0 aromatic heterocycles. The third-order valence-corrected chi connectivity index (χ3v) is 6.48. The van der Waals surface area contributed by atoms with Crippen molar-refractivity contribution in [3.63, 3.8) is 0 Å². The molecule has 0 saturated carbocycles. The van der Waals surface area contributed by atoms with Crippen LogP contribution in [-0.4, -0.2) is 75.0 Å². The Morgan fingerprint density at radius 3 is 2.37 bits per heavy atom. The molecule has 11 heteroatoms. The Labute approximate surface area is 221 Å². The number of esters is 1. The van der Waals surface area contributed by atoms with E-state index in [4.69, 9.17) is 15.2 Å². The molecule has 2 aromatic carbocycles. The van der Waals surface area contributed by atoms with E-state index in [1.165, 1.54) is 4.90 Å². The fraction of sp³-hybridized carbons (Fsp3) is 0.444. The first-order chi connectivity index (χ1) is 18.3. The molecular weight excluding hydrogens is 494 g/mol. The lowest BCUT2D eigenvalue weighted by Gasteiger charge is -2.36. The topological polar surface area (TPSA) is 149 Å². The van der Waals surface area contributed by atoms with Gasteiger partial charge in [-0.05, 0) is 49.3 Å². The summed E-state index contributed by atoms with van der Waals surface area (Å²) in [6.07, 6.45) is 2.03. The van der Waals surface area contributed by atoms with Crippen LogP contribution in [0.5, 0.6) is 0 Å². The summed E-state index contributed by atoms with van der Waals surface area (Å²) < 4.78 is 5.42. The minimum absolute atomic E-state index is 0.0372. The minimum Gasteiger partial charge on any atom is -0.480 e. The van der Waals surface area contributed by atoms with Gasteiger partial charge in [-0.1, -0.05) is 54.6 Å². The number of rotatable bonds is 14. The predicted octanol–water partition coefficient (Wildman–Crippen LogP) is 2.34. The van der Waals surface area contributed by atoms with Crippen molar-refractivity contribution in [2.75, 3.05) is 13.2 Å². The van der Waals surface area contributed by atoms with Gasteiger partial charge in [0, 0.05) is 13.0 Å². The standard InChI is InChI=1S/C27H35N3O8/c1-19(25(31)29-18-22-12-6-5-11-21(22)17-24(29)26(32)33)28-23(14-13-20-9-3-2-4-10-20)27(34)37-15-7-8-16-38-30(35)36/h2-6,9-12,19,23-24,28,35-36H,7-8,13-18H2,1H3,(H,32,33). The van der Waals surface area contributed by atoms with Gasteiger partial charge in [0.25, 0.3) is 0 Å².